The van der Waals surface area contributed by atoms with Crippen molar-refractivity contribution in [2.75, 3.05) is 71.2 Å². The van der Waals surface area contributed by atoms with Crippen LogP contribution in [-0.4, -0.2) is 87.6 Å². The van der Waals surface area contributed by atoms with Crippen LogP contribution < -0.4 is 4.90 Å². The normalized spacial score (nSPS) is 15.4. The summed E-state index contributed by atoms with van der Waals surface area (Å²) in [5, 5.41) is 15.0. The Morgan fingerprint density at radius 1 is 1.18 bits per heavy atom. The van der Waals surface area contributed by atoms with E-state index in [1.165, 1.54) is 12.1 Å². The van der Waals surface area contributed by atoms with Crippen molar-refractivity contribution in [3.8, 4) is 11.3 Å². The maximum atomic E-state index is 13.6. The molecule has 1 fully saturated rings. The van der Waals surface area contributed by atoms with E-state index in [4.69, 9.17) is 18.7 Å². The summed E-state index contributed by atoms with van der Waals surface area (Å²) in [7, 11) is 1.68. The molecule has 0 amide bonds. The van der Waals surface area contributed by atoms with Crippen molar-refractivity contribution in [2.24, 2.45) is 5.92 Å². The number of rotatable bonds is 14. The Hall–Kier alpha value is -2.04. The fourth-order valence-electron chi connectivity index (χ4n) is 3.97. The first-order valence-corrected chi connectivity index (χ1v) is 12.0. The number of ether oxygens (including phenoxy) is 3. The van der Waals surface area contributed by atoms with Crippen LogP contribution in [0.2, 0.25) is 0 Å². The quantitative estimate of drug-likeness (QED) is 0.414. The predicted molar refractivity (Wildman–Crippen MR) is 128 cm³/mol. The van der Waals surface area contributed by atoms with E-state index in [9.17, 15) is 9.50 Å². The molecule has 1 saturated heterocycles. The number of aromatic nitrogens is 1. The fraction of sp³-hybridized carbons (Fsp3) is 0.640. The van der Waals surface area contributed by atoms with E-state index in [-0.39, 0.29) is 12.4 Å². The summed E-state index contributed by atoms with van der Waals surface area (Å²) in [5.41, 5.74) is 2.39. The molecular formula is C25H38FN3O5. The maximum Gasteiger partial charge on any atom is 0.232 e. The van der Waals surface area contributed by atoms with Gasteiger partial charge in [-0.2, -0.15) is 0 Å². The lowest BCUT2D eigenvalue weighted by Crippen LogP contribution is -2.38. The minimum absolute atomic E-state index is 0.281. The van der Waals surface area contributed by atoms with Crippen molar-refractivity contribution in [3.63, 3.8) is 0 Å². The number of methoxy groups -OCH3 is 1. The highest BCUT2D eigenvalue weighted by Gasteiger charge is 2.26. The highest BCUT2D eigenvalue weighted by molar-refractivity contribution is 5.68. The van der Waals surface area contributed by atoms with Gasteiger partial charge in [0.05, 0.1) is 31.5 Å². The number of benzene rings is 1. The Kier molecular flexibility index (Phi) is 10.7. The SMILES string of the molecule is COCCCN(Cc1c(-c2ccc(F)cc2)noc1N1CCOCC1)CC(O)COCC(C)C. The van der Waals surface area contributed by atoms with Gasteiger partial charge in [-0.25, -0.2) is 4.39 Å². The van der Waals surface area contributed by atoms with Gasteiger partial charge in [0, 0.05) is 58.6 Å². The molecular weight excluding hydrogens is 441 g/mol. The van der Waals surface area contributed by atoms with Crippen LogP contribution in [0.15, 0.2) is 28.8 Å². The molecule has 34 heavy (non-hydrogen) atoms. The smallest absolute Gasteiger partial charge is 0.232 e. The minimum atomic E-state index is -0.623. The van der Waals surface area contributed by atoms with Crippen LogP contribution in [0.1, 0.15) is 25.8 Å². The second-order valence-electron chi connectivity index (χ2n) is 9.09. The monoisotopic (exact) mass is 479 g/mol. The third-order valence-corrected chi connectivity index (χ3v) is 5.62. The topological polar surface area (TPSA) is 80.4 Å². The van der Waals surface area contributed by atoms with Crippen LogP contribution in [0.5, 0.6) is 0 Å². The Bertz CT molecular complexity index is 840. The lowest BCUT2D eigenvalue weighted by atomic mass is 10.1. The summed E-state index contributed by atoms with van der Waals surface area (Å²) in [6.07, 6.45) is 0.197. The van der Waals surface area contributed by atoms with E-state index < -0.39 is 6.10 Å². The van der Waals surface area contributed by atoms with Gasteiger partial charge in [0.15, 0.2) is 0 Å². The number of aliphatic hydroxyl groups excluding tert-OH is 1. The number of hydrogen-bond acceptors (Lipinski definition) is 8. The highest BCUT2D eigenvalue weighted by atomic mass is 19.1. The molecule has 0 radical (unpaired) electrons. The van der Waals surface area contributed by atoms with E-state index in [1.807, 2.05) is 0 Å². The van der Waals surface area contributed by atoms with Crippen molar-refractivity contribution >= 4 is 5.88 Å². The van der Waals surface area contributed by atoms with Crippen molar-refractivity contribution in [3.05, 3.63) is 35.6 Å². The third kappa shape index (κ3) is 8.02. The zero-order valence-corrected chi connectivity index (χ0v) is 20.5. The van der Waals surface area contributed by atoms with Gasteiger partial charge < -0.3 is 28.7 Å². The molecule has 9 heteroatoms. The molecule has 1 aromatic carbocycles. The van der Waals surface area contributed by atoms with Gasteiger partial charge in [-0.05, 0) is 36.6 Å². The van der Waals surface area contributed by atoms with E-state index in [0.29, 0.717) is 70.1 Å². The first kappa shape index (κ1) is 26.6. The summed E-state index contributed by atoms with van der Waals surface area (Å²) >= 11 is 0. The molecule has 1 N–H and O–H groups in total. The molecule has 2 heterocycles. The lowest BCUT2D eigenvalue weighted by Gasteiger charge is -2.29. The van der Waals surface area contributed by atoms with E-state index in [0.717, 1.165) is 24.1 Å². The van der Waals surface area contributed by atoms with Crippen LogP contribution in [0, 0.1) is 11.7 Å². The molecule has 1 atom stereocenters. The summed E-state index contributed by atoms with van der Waals surface area (Å²) < 4.78 is 35.8. The average Bonchev–Trinajstić information content (AvgIpc) is 3.23. The van der Waals surface area contributed by atoms with Crippen LogP contribution in [0.4, 0.5) is 10.3 Å². The Morgan fingerprint density at radius 2 is 1.91 bits per heavy atom. The molecule has 1 aliphatic rings. The summed E-state index contributed by atoms with van der Waals surface area (Å²) in [4.78, 5) is 4.31. The molecule has 190 valence electrons. The van der Waals surface area contributed by atoms with Crippen LogP contribution in [0.3, 0.4) is 0 Å². The summed E-state index contributed by atoms with van der Waals surface area (Å²) in [6.45, 7) is 10.0. The van der Waals surface area contributed by atoms with Gasteiger partial charge in [-0.15, -0.1) is 0 Å². The molecule has 1 unspecified atom stereocenters. The standard InChI is InChI=1S/C25H38FN3O5/c1-19(2)17-33-18-22(30)15-28(9-4-12-31-3)16-23-24(20-5-7-21(26)8-6-20)27-34-25(23)29-10-13-32-14-11-29/h5-8,19,22,30H,4,9-18H2,1-3H3. The summed E-state index contributed by atoms with van der Waals surface area (Å²) in [6, 6.07) is 6.27. The van der Waals surface area contributed by atoms with Crippen molar-refractivity contribution in [2.45, 2.75) is 32.9 Å². The number of morpholine rings is 1. The van der Waals surface area contributed by atoms with E-state index in [1.54, 1.807) is 19.2 Å². The van der Waals surface area contributed by atoms with Crippen molar-refractivity contribution < 1.29 is 28.2 Å². The van der Waals surface area contributed by atoms with Gasteiger partial charge in [0.2, 0.25) is 5.88 Å². The molecule has 0 spiro atoms. The van der Waals surface area contributed by atoms with Crippen LogP contribution in [-0.2, 0) is 20.8 Å². The van der Waals surface area contributed by atoms with Crippen molar-refractivity contribution in [1.29, 1.82) is 0 Å². The molecule has 0 bridgehead atoms. The van der Waals surface area contributed by atoms with Gasteiger partial charge in [0.1, 0.15) is 11.5 Å². The second-order valence-corrected chi connectivity index (χ2v) is 9.09. The first-order valence-electron chi connectivity index (χ1n) is 12.0. The van der Waals surface area contributed by atoms with Crippen LogP contribution >= 0.6 is 0 Å². The molecule has 1 aliphatic heterocycles. The third-order valence-electron chi connectivity index (χ3n) is 5.62. The lowest BCUT2D eigenvalue weighted by molar-refractivity contribution is 0.00581. The predicted octanol–water partition coefficient (Wildman–Crippen LogP) is 3.19. The van der Waals surface area contributed by atoms with Crippen LogP contribution in [0.25, 0.3) is 11.3 Å². The fourth-order valence-corrected chi connectivity index (χ4v) is 3.97. The van der Waals surface area contributed by atoms with Crippen molar-refractivity contribution in [1.82, 2.24) is 10.1 Å². The number of aliphatic hydroxyl groups is 1. The number of anilines is 1. The van der Waals surface area contributed by atoms with E-state index >= 15 is 0 Å². The van der Waals surface area contributed by atoms with E-state index in [2.05, 4.69) is 28.8 Å². The minimum Gasteiger partial charge on any atom is -0.389 e. The molecule has 3 rings (SSSR count). The van der Waals surface area contributed by atoms with Gasteiger partial charge in [-0.3, -0.25) is 4.90 Å². The number of nitrogens with zero attached hydrogens (tertiary/aromatic N) is 3. The Balaban J connectivity index is 1.82. The Labute approximate surface area is 201 Å². The molecule has 8 nitrogen and oxygen atoms in total. The molecule has 0 aliphatic carbocycles. The summed E-state index contributed by atoms with van der Waals surface area (Å²) in [5.74, 6) is 0.814. The maximum absolute atomic E-state index is 13.6. The van der Waals surface area contributed by atoms with Gasteiger partial charge in [-0.1, -0.05) is 19.0 Å². The molecule has 2 aromatic rings. The highest BCUT2D eigenvalue weighted by Crippen LogP contribution is 2.33. The molecule has 0 saturated carbocycles. The molecule has 1 aromatic heterocycles. The zero-order valence-electron chi connectivity index (χ0n) is 20.5. The Morgan fingerprint density at radius 3 is 2.59 bits per heavy atom. The average molecular weight is 480 g/mol. The van der Waals surface area contributed by atoms with Gasteiger partial charge in [0.25, 0.3) is 0 Å². The van der Waals surface area contributed by atoms with Gasteiger partial charge >= 0.3 is 0 Å². The second kappa shape index (κ2) is 13.7. The zero-order chi connectivity index (χ0) is 24.3. The first-order chi connectivity index (χ1) is 16.5. The number of hydrogen-bond donors (Lipinski definition) is 1. The number of halogens is 1. The largest absolute Gasteiger partial charge is 0.389 e.